The monoisotopic (exact) mass is 463 g/mol. The predicted molar refractivity (Wildman–Crippen MR) is 121 cm³/mol. The van der Waals surface area contributed by atoms with E-state index in [0.717, 1.165) is 39.3 Å². The Morgan fingerprint density at radius 3 is 2.34 bits per heavy atom. The molecule has 1 aliphatic rings. The highest BCUT2D eigenvalue weighted by Gasteiger charge is 2.15. The van der Waals surface area contributed by atoms with E-state index in [1.165, 1.54) is 24.3 Å². The summed E-state index contributed by atoms with van der Waals surface area (Å²) < 4.78 is 43.4. The quantitative estimate of drug-likeness (QED) is 0.489. The van der Waals surface area contributed by atoms with Gasteiger partial charge in [-0.2, -0.15) is 0 Å². The molecule has 9 nitrogen and oxygen atoms in total. The third-order valence-electron chi connectivity index (χ3n) is 4.92. The van der Waals surface area contributed by atoms with Crippen LogP contribution < -0.4 is 19.5 Å². The summed E-state index contributed by atoms with van der Waals surface area (Å²) in [6.45, 7) is 4.75. The highest BCUT2D eigenvalue weighted by atomic mass is 32.2. The predicted octanol–water partition coefficient (Wildman–Crippen LogP) is 1.71. The second-order valence-electron chi connectivity index (χ2n) is 7.25. The maximum Gasteiger partial charge on any atom is 0.261 e. The van der Waals surface area contributed by atoms with Crippen LogP contribution in [0, 0.1) is 0 Å². The number of benzene rings is 2. The molecule has 32 heavy (non-hydrogen) atoms. The van der Waals surface area contributed by atoms with Gasteiger partial charge in [0.25, 0.3) is 15.9 Å². The van der Waals surface area contributed by atoms with Gasteiger partial charge in [-0.05, 0) is 61.5 Å². The number of rotatable bonds is 11. The molecule has 0 radical (unpaired) electrons. The van der Waals surface area contributed by atoms with Crippen molar-refractivity contribution in [3.63, 3.8) is 0 Å². The number of morpholine rings is 1. The van der Waals surface area contributed by atoms with Crippen LogP contribution in [0.2, 0.25) is 0 Å². The van der Waals surface area contributed by atoms with Crippen molar-refractivity contribution in [3.8, 4) is 11.5 Å². The van der Waals surface area contributed by atoms with Gasteiger partial charge in [0, 0.05) is 25.3 Å². The van der Waals surface area contributed by atoms with E-state index in [1.807, 2.05) is 0 Å². The number of amides is 1. The second-order valence-corrected chi connectivity index (χ2v) is 8.93. The smallest absolute Gasteiger partial charge is 0.261 e. The highest BCUT2D eigenvalue weighted by Crippen LogP contribution is 2.21. The maximum atomic E-state index is 12.5. The Labute approximate surface area is 188 Å². The Morgan fingerprint density at radius 1 is 1.03 bits per heavy atom. The number of ether oxygens (including phenoxy) is 3. The van der Waals surface area contributed by atoms with Crippen LogP contribution in [0.3, 0.4) is 0 Å². The van der Waals surface area contributed by atoms with E-state index < -0.39 is 10.0 Å². The molecule has 0 atom stereocenters. The number of carbonyl (C=O) groups excluding carboxylic acids is 1. The molecule has 1 aliphatic heterocycles. The first-order valence-corrected chi connectivity index (χ1v) is 11.9. The van der Waals surface area contributed by atoms with Gasteiger partial charge in [-0.25, -0.2) is 8.42 Å². The lowest BCUT2D eigenvalue weighted by Gasteiger charge is -2.26. The molecule has 2 aromatic rings. The van der Waals surface area contributed by atoms with E-state index in [4.69, 9.17) is 14.2 Å². The van der Waals surface area contributed by atoms with Gasteiger partial charge in [0.2, 0.25) is 0 Å². The standard InChI is InChI=1S/C22H29N3O6S/c1-29-19-5-3-18(4-6-19)24-32(27,28)21-9-7-20(8-10-21)31-17-22(26)23-11-2-12-25-13-15-30-16-14-25/h3-10,24H,2,11-17H2,1H3,(H,23,26). The minimum Gasteiger partial charge on any atom is -0.497 e. The Kier molecular flexibility index (Phi) is 8.72. The van der Waals surface area contributed by atoms with Crippen LogP contribution >= 0.6 is 0 Å². The number of methoxy groups -OCH3 is 1. The van der Waals surface area contributed by atoms with Gasteiger partial charge >= 0.3 is 0 Å². The average Bonchev–Trinajstić information content (AvgIpc) is 2.82. The van der Waals surface area contributed by atoms with Crippen LogP contribution in [0.25, 0.3) is 0 Å². The average molecular weight is 464 g/mol. The van der Waals surface area contributed by atoms with Crippen molar-refractivity contribution in [2.24, 2.45) is 0 Å². The molecule has 0 aliphatic carbocycles. The molecule has 0 bridgehead atoms. The Balaban J connectivity index is 1.40. The van der Waals surface area contributed by atoms with Crippen molar-refractivity contribution < 1.29 is 27.4 Å². The molecule has 0 saturated carbocycles. The zero-order chi connectivity index (χ0) is 22.8. The first-order valence-electron chi connectivity index (χ1n) is 10.4. The SMILES string of the molecule is COc1ccc(NS(=O)(=O)c2ccc(OCC(=O)NCCCN3CCOCC3)cc2)cc1. The molecule has 0 aromatic heterocycles. The van der Waals surface area contributed by atoms with Gasteiger partial charge in [-0.1, -0.05) is 0 Å². The van der Waals surface area contributed by atoms with Gasteiger partial charge in [0.15, 0.2) is 6.61 Å². The summed E-state index contributed by atoms with van der Waals surface area (Å²) in [5.74, 6) is 0.831. The molecule has 10 heteroatoms. The molecule has 1 saturated heterocycles. The van der Waals surface area contributed by atoms with Gasteiger partial charge < -0.3 is 19.5 Å². The lowest BCUT2D eigenvalue weighted by molar-refractivity contribution is -0.123. The Bertz CT molecular complexity index is 958. The van der Waals surface area contributed by atoms with Crippen LogP contribution in [-0.2, 0) is 19.6 Å². The summed E-state index contributed by atoms with van der Waals surface area (Å²) in [6.07, 6.45) is 0.861. The normalized spacial score (nSPS) is 14.5. The molecule has 2 aromatic carbocycles. The van der Waals surface area contributed by atoms with E-state index >= 15 is 0 Å². The molecule has 0 spiro atoms. The van der Waals surface area contributed by atoms with E-state index in [9.17, 15) is 13.2 Å². The number of sulfonamides is 1. The van der Waals surface area contributed by atoms with E-state index in [1.54, 1.807) is 31.4 Å². The zero-order valence-corrected chi connectivity index (χ0v) is 18.9. The third-order valence-corrected chi connectivity index (χ3v) is 6.32. The van der Waals surface area contributed by atoms with Crippen molar-refractivity contribution in [1.29, 1.82) is 0 Å². The summed E-state index contributed by atoms with van der Waals surface area (Å²) in [5.41, 5.74) is 0.427. The van der Waals surface area contributed by atoms with E-state index in [0.29, 0.717) is 23.7 Å². The highest BCUT2D eigenvalue weighted by molar-refractivity contribution is 7.92. The summed E-state index contributed by atoms with van der Waals surface area (Å²) in [7, 11) is -2.20. The van der Waals surface area contributed by atoms with Crippen molar-refractivity contribution in [1.82, 2.24) is 10.2 Å². The molecule has 0 unspecified atom stereocenters. The van der Waals surface area contributed by atoms with Crippen molar-refractivity contribution in [2.75, 3.05) is 57.8 Å². The second kappa shape index (κ2) is 11.7. The molecule has 1 amide bonds. The van der Waals surface area contributed by atoms with Crippen LogP contribution in [0.15, 0.2) is 53.4 Å². The van der Waals surface area contributed by atoms with Crippen LogP contribution in [0.4, 0.5) is 5.69 Å². The minimum absolute atomic E-state index is 0.0910. The summed E-state index contributed by atoms with van der Waals surface area (Å²) in [4.78, 5) is 14.4. The fourth-order valence-corrected chi connectivity index (χ4v) is 4.20. The molecular formula is C22H29N3O6S. The number of nitrogens with one attached hydrogen (secondary N) is 2. The van der Waals surface area contributed by atoms with Gasteiger partial charge in [-0.3, -0.25) is 14.4 Å². The zero-order valence-electron chi connectivity index (χ0n) is 18.1. The molecule has 174 valence electrons. The largest absolute Gasteiger partial charge is 0.497 e. The van der Waals surface area contributed by atoms with Crippen molar-refractivity contribution in [3.05, 3.63) is 48.5 Å². The minimum atomic E-state index is -3.74. The van der Waals surface area contributed by atoms with Crippen molar-refractivity contribution in [2.45, 2.75) is 11.3 Å². The van der Waals surface area contributed by atoms with Gasteiger partial charge in [0.1, 0.15) is 11.5 Å². The maximum absolute atomic E-state index is 12.5. The molecule has 1 heterocycles. The van der Waals surface area contributed by atoms with E-state index in [-0.39, 0.29) is 17.4 Å². The fraction of sp³-hybridized carbons (Fsp3) is 0.409. The number of nitrogens with zero attached hydrogens (tertiary/aromatic N) is 1. The van der Waals surface area contributed by atoms with Crippen LogP contribution in [0.1, 0.15) is 6.42 Å². The van der Waals surface area contributed by atoms with Gasteiger partial charge in [-0.15, -0.1) is 0 Å². The van der Waals surface area contributed by atoms with Gasteiger partial charge in [0.05, 0.1) is 25.2 Å². The Morgan fingerprint density at radius 2 is 1.69 bits per heavy atom. The summed E-state index contributed by atoms with van der Waals surface area (Å²) in [6, 6.07) is 12.5. The molecule has 1 fully saturated rings. The van der Waals surface area contributed by atoms with Crippen LogP contribution in [0.5, 0.6) is 11.5 Å². The fourth-order valence-electron chi connectivity index (χ4n) is 3.14. The molecule has 3 rings (SSSR count). The Hall–Kier alpha value is -2.82. The first kappa shape index (κ1) is 23.8. The molecule has 2 N–H and O–H groups in total. The number of hydrogen-bond donors (Lipinski definition) is 2. The summed E-state index contributed by atoms with van der Waals surface area (Å²) in [5, 5.41) is 2.83. The van der Waals surface area contributed by atoms with Crippen LogP contribution in [-0.4, -0.2) is 72.3 Å². The third kappa shape index (κ3) is 7.40. The number of anilines is 1. The molecular weight excluding hydrogens is 434 g/mol. The van der Waals surface area contributed by atoms with Crippen molar-refractivity contribution >= 4 is 21.6 Å². The number of hydrogen-bond acceptors (Lipinski definition) is 7. The topological polar surface area (TPSA) is 106 Å². The lowest BCUT2D eigenvalue weighted by atomic mass is 10.3. The van der Waals surface area contributed by atoms with E-state index in [2.05, 4.69) is 14.9 Å². The first-order chi connectivity index (χ1) is 15.5. The number of carbonyl (C=O) groups is 1. The summed E-state index contributed by atoms with van der Waals surface area (Å²) >= 11 is 0. The lowest BCUT2D eigenvalue weighted by Crippen LogP contribution is -2.38.